The Labute approximate surface area is 88.2 Å². The van der Waals surface area contributed by atoms with Gasteiger partial charge >= 0.3 is 0 Å². The predicted octanol–water partition coefficient (Wildman–Crippen LogP) is 2.24. The third kappa shape index (κ3) is 2.39. The number of aryl methyl sites for hydroxylation is 2. The molecule has 4 heteroatoms. The number of halogens is 1. The molecule has 1 aromatic rings. The van der Waals surface area contributed by atoms with Crippen LogP contribution in [0.25, 0.3) is 0 Å². The van der Waals surface area contributed by atoms with Gasteiger partial charge in [-0.3, -0.25) is 0 Å². The van der Waals surface area contributed by atoms with Crippen molar-refractivity contribution in [1.82, 2.24) is 0 Å². The van der Waals surface area contributed by atoms with Crippen molar-refractivity contribution in [3.8, 4) is 5.75 Å². The van der Waals surface area contributed by atoms with Crippen molar-refractivity contribution in [3.05, 3.63) is 23.3 Å². The summed E-state index contributed by atoms with van der Waals surface area (Å²) in [6.07, 6.45) is 0. The highest BCUT2D eigenvalue weighted by molar-refractivity contribution is 6.28. The number of phenols is 1. The maximum absolute atomic E-state index is 9.55. The van der Waals surface area contributed by atoms with Crippen LogP contribution >= 0.6 is 11.6 Å². The number of phenolic OH excluding ortho intramolecular Hbond substituents is 1. The second-order valence-electron chi connectivity index (χ2n) is 3.16. The Hall–Kier alpha value is -1.22. The molecule has 0 saturated carbocycles. The average Bonchev–Trinajstić information content (AvgIpc) is 2.14. The van der Waals surface area contributed by atoms with Crippen LogP contribution in [0.3, 0.4) is 0 Å². The lowest BCUT2D eigenvalue weighted by molar-refractivity contribution is 0.476. The number of alkyl halides is 1. The van der Waals surface area contributed by atoms with Gasteiger partial charge in [0.25, 0.3) is 0 Å². The van der Waals surface area contributed by atoms with Crippen LogP contribution in [-0.2, 0) is 0 Å². The number of amidine groups is 1. The smallest absolute Gasteiger partial charge is 0.141 e. The maximum atomic E-state index is 9.55. The molecule has 0 fully saturated rings. The molecule has 3 N–H and O–H groups in total. The number of nitrogens with two attached hydrogens (primary N) is 1. The minimum atomic E-state index is 0.126. The Morgan fingerprint density at radius 3 is 2.57 bits per heavy atom. The molecule has 0 aliphatic rings. The Bertz CT molecular complexity index is 375. The molecule has 76 valence electrons. The van der Waals surface area contributed by atoms with Crippen molar-refractivity contribution >= 4 is 23.1 Å². The van der Waals surface area contributed by atoms with Crippen molar-refractivity contribution in [3.63, 3.8) is 0 Å². The summed E-state index contributed by atoms with van der Waals surface area (Å²) in [5.41, 5.74) is 8.01. The Balaban J connectivity index is 3.16. The van der Waals surface area contributed by atoms with Gasteiger partial charge in [0.15, 0.2) is 0 Å². The molecule has 0 aliphatic heterocycles. The zero-order valence-corrected chi connectivity index (χ0v) is 8.97. The zero-order valence-electron chi connectivity index (χ0n) is 8.21. The van der Waals surface area contributed by atoms with E-state index < -0.39 is 0 Å². The molecule has 0 aliphatic carbocycles. The first-order chi connectivity index (χ1) is 6.54. The van der Waals surface area contributed by atoms with Gasteiger partial charge in [0.1, 0.15) is 17.3 Å². The van der Waals surface area contributed by atoms with Crippen LogP contribution in [0.2, 0.25) is 0 Å². The van der Waals surface area contributed by atoms with Crippen molar-refractivity contribution in [2.45, 2.75) is 13.8 Å². The monoisotopic (exact) mass is 212 g/mol. The molecule has 0 spiro atoms. The van der Waals surface area contributed by atoms with Gasteiger partial charge in [0.05, 0.1) is 5.88 Å². The molecular formula is C10H13ClN2O. The van der Waals surface area contributed by atoms with Gasteiger partial charge in [-0.25, -0.2) is 4.99 Å². The number of benzene rings is 1. The molecule has 0 heterocycles. The summed E-state index contributed by atoms with van der Waals surface area (Å²) in [6, 6.07) is 3.44. The van der Waals surface area contributed by atoms with Gasteiger partial charge in [0, 0.05) is 0 Å². The maximum Gasteiger partial charge on any atom is 0.141 e. The summed E-state index contributed by atoms with van der Waals surface area (Å²) in [4.78, 5) is 3.99. The molecule has 0 amide bonds. The molecule has 0 saturated heterocycles. The highest BCUT2D eigenvalue weighted by Crippen LogP contribution is 2.29. The van der Waals surface area contributed by atoms with E-state index in [4.69, 9.17) is 17.3 Å². The fraction of sp³-hybridized carbons (Fsp3) is 0.300. The van der Waals surface area contributed by atoms with E-state index in [2.05, 4.69) is 4.99 Å². The summed E-state index contributed by atoms with van der Waals surface area (Å²) in [6.45, 7) is 3.87. The first-order valence-electron chi connectivity index (χ1n) is 4.24. The summed E-state index contributed by atoms with van der Waals surface area (Å²) >= 11 is 5.49. The molecule has 0 bridgehead atoms. The molecule has 1 rings (SSSR count). The lowest BCUT2D eigenvalue weighted by Crippen LogP contribution is -2.12. The van der Waals surface area contributed by atoms with Gasteiger partial charge in [-0.15, -0.1) is 11.6 Å². The van der Waals surface area contributed by atoms with Gasteiger partial charge in [-0.1, -0.05) is 0 Å². The predicted molar refractivity (Wildman–Crippen MR) is 59.6 cm³/mol. The lowest BCUT2D eigenvalue weighted by atomic mass is 10.1. The molecular weight excluding hydrogens is 200 g/mol. The van der Waals surface area contributed by atoms with Crippen LogP contribution in [0.1, 0.15) is 11.1 Å². The Morgan fingerprint density at radius 2 is 2.00 bits per heavy atom. The highest BCUT2D eigenvalue weighted by Gasteiger charge is 2.03. The first-order valence-corrected chi connectivity index (χ1v) is 4.77. The fourth-order valence-corrected chi connectivity index (χ4v) is 1.12. The Kier molecular flexibility index (Phi) is 3.36. The Morgan fingerprint density at radius 1 is 1.43 bits per heavy atom. The topological polar surface area (TPSA) is 58.6 Å². The van der Waals surface area contributed by atoms with E-state index in [-0.39, 0.29) is 11.6 Å². The largest absolute Gasteiger partial charge is 0.506 e. The zero-order chi connectivity index (χ0) is 10.7. The summed E-state index contributed by atoms with van der Waals surface area (Å²) in [5, 5.41) is 9.55. The van der Waals surface area contributed by atoms with Crippen molar-refractivity contribution < 1.29 is 5.11 Å². The van der Waals surface area contributed by atoms with E-state index in [1.165, 1.54) is 0 Å². The summed E-state index contributed by atoms with van der Waals surface area (Å²) in [5.74, 6) is 0.582. The van der Waals surface area contributed by atoms with Crippen LogP contribution in [0.4, 0.5) is 5.69 Å². The number of rotatable bonds is 2. The second-order valence-corrected chi connectivity index (χ2v) is 3.43. The van der Waals surface area contributed by atoms with Crippen LogP contribution in [0, 0.1) is 13.8 Å². The minimum absolute atomic E-state index is 0.126. The molecule has 0 aromatic heterocycles. The highest BCUT2D eigenvalue weighted by atomic mass is 35.5. The normalized spacial score (nSPS) is 11.8. The van der Waals surface area contributed by atoms with Crippen molar-refractivity contribution in [2.75, 3.05) is 5.88 Å². The molecule has 0 radical (unpaired) electrons. The van der Waals surface area contributed by atoms with Gasteiger partial charge in [0.2, 0.25) is 0 Å². The standard InChI is InChI=1S/C10H13ClN2O/c1-6-3-8(13-10(12)5-11)9(14)4-7(6)2/h3-4,14H,5H2,1-2H3,(H2,12,13). The number of nitrogens with zero attached hydrogens (tertiary/aromatic N) is 1. The van der Waals surface area contributed by atoms with Crippen molar-refractivity contribution in [1.29, 1.82) is 0 Å². The van der Waals surface area contributed by atoms with E-state index >= 15 is 0 Å². The van der Waals surface area contributed by atoms with E-state index in [0.29, 0.717) is 11.5 Å². The van der Waals surface area contributed by atoms with E-state index in [0.717, 1.165) is 11.1 Å². The van der Waals surface area contributed by atoms with Crippen LogP contribution in [-0.4, -0.2) is 16.8 Å². The third-order valence-electron chi connectivity index (χ3n) is 1.99. The lowest BCUT2D eigenvalue weighted by Gasteiger charge is -2.04. The molecule has 3 nitrogen and oxygen atoms in total. The van der Waals surface area contributed by atoms with Gasteiger partial charge in [-0.2, -0.15) is 0 Å². The quantitative estimate of drug-likeness (QED) is 0.449. The third-order valence-corrected chi connectivity index (χ3v) is 2.27. The number of hydrogen-bond acceptors (Lipinski definition) is 2. The van der Waals surface area contributed by atoms with Crippen molar-refractivity contribution in [2.24, 2.45) is 10.7 Å². The molecule has 0 unspecified atom stereocenters. The van der Waals surface area contributed by atoms with Crippen LogP contribution < -0.4 is 5.73 Å². The average molecular weight is 213 g/mol. The molecule has 14 heavy (non-hydrogen) atoms. The number of aliphatic imine (C=N–C) groups is 1. The van der Waals surface area contributed by atoms with Crippen LogP contribution in [0.5, 0.6) is 5.75 Å². The van der Waals surface area contributed by atoms with Crippen LogP contribution in [0.15, 0.2) is 17.1 Å². The number of aromatic hydroxyl groups is 1. The summed E-state index contributed by atoms with van der Waals surface area (Å²) in [7, 11) is 0. The SMILES string of the molecule is Cc1cc(O)c(N=C(N)CCl)cc1C. The van der Waals surface area contributed by atoms with E-state index in [9.17, 15) is 5.11 Å². The molecule has 1 aromatic carbocycles. The fourth-order valence-electron chi connectivity index (χ4n) is 1.06. The van der Waals surface area contributed by atoms with E-state index in [1.54, 1.807) is 12.1 Å². The van der Waals surface area contributed by atoms with Gasteiger partial charge < -0.3 is 10.8 Å². The van der Waals surface area contributed by atoms with Gasteiger partial charge in [-0.05, 0) is 37.1 Å². The summed E-state index contributed by atoms with van der Waals surface area (Å²) < 4.78 is 0. The molecule has 0 atom stereocenters. The minimum Gasteiger partial charge on any atom is -0.506 e. The first kappa shape index (κ1) is 10.9. The number of hydrogen-bond donors (Lipinski definition) is 2. The van der Waals surface area contributed by atoms with E-state index in [1.807, 2.05) is 13.8 Å². The second kappa shape index (κ2) is 4.33.